The Morgan fingerprint density at radius 3 is 2.46 bits per heavy atom. The summed E-state index contributed by atoms with van der Waals surface area (Å²) >= 11 is 0. The first-order valence-electron chi connectivity index (χ1n) is 13.5. The van der Waals surface area contributed by atoms with Gasteiger partial charge < -0.3 is 25.8 Å². The van der Waals surface area contributed by atoms with Gasteiger partial charge in [0.15, 0.2) is 0 Å². The summed E-state index contributed by atoms with van der Waals surface area (Å²) < 4.78 is 0. The van der Waals surface area contributed by atoms with E-state index in [0.717, 1.165) is 25.1 Å². The van der Waals surface area contributed by atoms with Crippen molar-refractivity contribution >= 4 is 29.2 Å². The summed E-state index contributed by atoms with van der Waals surface area (Å²) in [6.45, 7) is 5.05. The number of urea groups is 1. The molecule has 3 N–H and O–H groups in total. The van der Waals surface area contributed by atoms with E-state index in [2.05, 4.69) is 38.0 Å². The number of hydrogen-bond acceptors (Lipinski definition) is 5. The summed E-state index contributed by atoms with van der Waals surface area (Å²) in [5.41, 5.74) is 3.58. The van der Waals surface area contributed by atoms with Crippen LogP contribution in [0.15, 0.2) is 73.1 Å². The Balaban J connectivity index is 1.35. The van der Waals surface area contributed by atoms with Crippen LogP contribution in [-0.2, 0) is 0 Å². The van der Waals surface area contributed by atoms with Gasteiger partial charge in [0, 0.05) is 68.2 Å². The number of carbonyl (C=O) groups is 3. The Bertz CT molecular complexity index is 1320. The maximum Gasteiger partial charge on any atom is 0.317 e. The minimum absolute atomic E-state index is 0.0635. The van der Waals surface area contributed by atoms with Gasteiger partial charge in [-0.25, -0.2) is 4.79 Å². The number of aromatic nitrogens is 1. The van der Waals surface area contributed by atoms with Gasteiger partial charge in [0.25, 0.3) is 11.8 Å². The Morgan fingerprint density at radius 1 is 0.897 bits per heavy atom. The summed E-state index contributed by atoms with van der Waals surface area (Å²) in [6.07, 6.45) is 4.85. The van der Waals surface area contributed by atoms with Gasteiger partial charge in [0.05, 0.1) is 11.4 Å². The molecular formula is C30H34N6O3. The number of carbonyl (C=O) groups excluding carboxylic acids is 3. The van der Waals surface area contributed by atoms with Crippen molar-refractivity contribution in [1.82, 2.24) is 20.5 Å². The van der Waals surface area contributed by atoms with Gasteiger partial charge in [0.1, 0.15) is 0 Å². The zero-order chi connectivity index (χ0) is 27.2. The lowest BCUT2D eigenvalue weighted by atomic mass is 10.1. The summed E-state index contributed by atoms with van der Waals surface area (Å²) in [5, 5.41) is 9.03. The second-order valence-corrected chi connectivity index (χ2v) is 9.92. The standard InChI is InChI=1S/C30H34N6O3/c1-2-32-30(39)36-16-6-15-35(17-18-36)27-10-9-23(19-26(27)34-28(37)22-11-13-31-14-12-22)29(38)33-25-20-24(25)21-7-4-3-5-8-21/h3-5,7-14,19,24-25H,2,6,15-18,20H2,1H3,(H,32,39)(H,33,38)(H,34,37)/t24-,25+/m0/s1. The summed E-state index contributed by atoms with van der Waals surface area (Å²) in [6, 6.07) is 19.0. The lowest BCUT2D eigenvalue weighted by Gasteiger charge is -2.26. The molecular weight excluding hydrogens is 492 g/mol. The number of hydrogen-bond donors (Lipinski definition) is 3. The fourth-order valence-electron chi connectivity index (χ4n) is 5.05. The van der Waals surface area contributed by atoms with Crippen LogP contribution in [0.4, 0.5) is 16.2 Å². The third kappa shape index (κ3) is 6.37. The zero-order valence-corrected chi connectivity index (χ0v) is 22.1. The molecule has 1 saturated heterocycles. The highest BCUT2D eigenvalue weighted by atomic mass is 16.2. The number of nitrogens with zero attached hydrogens (tertiary/aromatic N) is 3. The lowest BCUT2D eigenvalue weighted by molar-refractivity contribution is 0.0949. The van der Waals surface area contributed by atoms with Gasteiger partial charge in [-0.3, -0.25) is 14.6 Å². The number of nitrogens with one attached hydrogen (secondary N) is 3. The van der Waals surface area contributed by atoms with Crippen molar-refractivity contribution in [2.75, 3.05) is 42.9 Å². The van der Waals surface area contributed by atoms with Crippen LogP contribution in [0.2, 0.25) is 0 Å². The van der Waals surface area contributed by atoms with Gasteiger partial charge in [0.2, 0.25) is 0 Å². The van der Waals surface area contributed by atoms with Crippen LogP contribution in [0.3, 0.4) is 0 Å². The third-order valence-electron chi connectivity index (χ3n) is 7.24. The fraction of sp³-hybridized carbons (Fsp3) is 0.333. The average molecular weight is 527 g/mol. The van der Waals surface area contributed by atoms with Crippen molar-refractivity contribution < 1.29 is 14.4 Å². The molecule has 0 unspecified atom stereocenters. The molecule has 2 heterocycles. The Kier molecular flexibility index (Phi) is 8.05. The predicted molar refractivity (Wildman–Crippen MR) is 151 cm³/mol. The van der Waals surface area contributed by atoms with Crippen LogP contribution in [-0.4, -0.2) is 66.5 Å². The van der Waals surface area contributed by atoms with Gasteiger partial charge in [-0.05, 0) is 55.7 Å². The van der Waals surface area contributed by atoms with E-state index >= 15 is 0 Å². The van der Waals surface area contributed by atoms with Crippen LogP contribution in [0.1, 0.15) is 52.0 Å². The molecule has 202 valence electrons. The van der Waals surface area contributed by atoms with E-state index in [4.69, 9.17) is 0 Å². The zero-order valence-electron chi connectivity index (χ0n) is 22.1. The Hall–Kier alpha value is -4.40. The van der Waals surface area contributed by atoms with Gasteiger partial charge in [-0.1, -0.05) is 30.3 Å². The molecule has 2 aromatic carbocycles. The molecule has 2 atom stereocenters. The number of amides is 4. The highest BCUT2D eigenvalue weighted by Crippen LogP contribution is 2.41. The first-order valence-corrected chi connectivity index (χ1v) is 13.5. The SMILES string of the molecule is CCNC(=O)N1CCCN(c2ccc(C(=O)N[C@@H]3C[C@H]3c3ccccc3)cc2NC(=O)c2ccncc2)CC1. The van der Waals surface area contributed by atoms with Gasteiger partial charge in [-0.2, -0.15) is 0 Å². The van der Waals surface area contributed by atoms with E-state index in [1.54, 1.807) is 36.7 Å². The average Bonchev–Trinajstić information content (AvgIpc) is 3.77. The topological polar surface area (TPSA) is 107 Å². The minimum Gasteiger partial charge on any atom is -0.368 e. The molecule has 3 aromatic rings. The summed E-state index contributed by atoms with van der Waals surface area (Å²) in [4.78, 5) is 46.6. The lowest BCUT2D eigenvalue weighted by Crippen LogP contribution is -2.42. The van der Waals surface area contributed by atoms with Crippen molar-refractivity contribution in [2.45, 2.75) is 31.7 Å². The van der Waals surface area contributed by atoms with Crippen LogP contribution < -0.4 is 20.9 Å². The predicted octanol–water partition coefficient (Wildman–Crippen LogP) is 3.86. The maximum atomic E-state index is 13.2. The van der Waals surface area contributed by atoms with Crippen molar-refractivity contribution in [3.05, 3.63) is 89.7 Å². The summed E-state index contributed by atoms with van der Waals surface area (Å²) in [7, 11) is 0. The van der Waals surface area contributed by atoms with E-state index in [1.807, 2.05) is 36.1 Å². The van der Waals surface area contributed by atoms with E-state index < -0.39 is 0 Å². The summed E-state index contributed by atoms with van der Waals surface area (Å²) in [5.74, 6) is -0.116. The quantitative estimate of drug-likeness (QED) is 0.434. The molecule has 39 heavy (non-hydrogen) atoms. The maximum absolute atomic E-state index is 13.2. The molecule has 4 amide bonds. The third-order valence-corrected chi connectivity index (χ3v) is 7.24. The smallest absolute Gasteiger partial charge is 0.317 e. The molecule has 1 saturated carbocycles. The molecule has 2 fully saturated rings. The molecule has 1 aliphatic heterocycles. The molecule has 9 heteroatoms. The van der Waals surface area contributed by atoms with Crippen molar-refractivity contribution in [3.8, 4) is 0 Å². The molecule has 1 aromatic heterocycles. The number of pyridine rings is 1. The molecule has 5 rings (SSSR count). The molecule has 1 aliphatic carbocycles. The number of anilines is 2. The largest absolute Gasteiger partial charge is 0.368 e. The number of benzene rings is 2. The van der Waals surface area contributed by atoms with E-state index in [1.165, 1.54) is 5.56 Å². The van der Waals surface area contributed by atoms with Crippen LogP contribution in [0.25, 0.3) is 0 Å². The molecule has 0 spiro atoms. The monoisotopic (exact) mass is 526 g/mol. The van der Waals surface area contributed by atoms with Crippen LogP contribution >= 0.6 is 0 Å². The van der Waals surface area contributed by atoms with Crippen LogP contribution in [0.5, 0.6) is 0 Å². The van der Waals surface area contributed by atoms with E-state index in [-0.39, 0.29) is 23.9 Å². The molecule has 9 nitrogen and oxygen atoms in total. The Labute approximate surface area is 228 Å². The van der Waals surface area contributed by atoms with Gasteiger partial charge >= 0.3 is 6.03 Å². The second-order valence-electron chi connectivity index (χ2n) is 9.92. The molecule has 0 bridgehead atoms. The molecule has 0 radical (unpaired) electrons. The van der Waals surface area contributed by atoms with Crippen molar-refractivity contribution in [2.24, 2.45) is 0 Å². The number of rotatable bonds is 7. The Morgan fingerprint density at radius 2 is 1.69 bits per heavy atom. The first kappa shape index (κ1) is 26.2. The first-order chi connectivity index (χ1) is 19.0. The minimum atomic E-state index is -0.277. The van der Waals surface area contributed by atoms with Gasteiger partial charge in [-0.15, -0.1) is 0 Å². The van der Waals surface area contributed by atoms with Crippen molar-refractivity contribution in [1.29, 1.82) is 0 Å². The highest BCUT2D eigenvalue weighted by molar-refractivity contribution is 6.07. The molecule has 2 aliphatic rings. The van der Waals surface area contributed by atoms with Crippen molar-refractivity contribution in [3.63, 3.8) is 0 Å². The fourth-order valence-corrected chi connectivity index (χ4v) is 5.05. The normalized spacial score (nSPS) is 18.6. The van der Waals surface area contributed by atoms with E-state index in [9.17, 15) is 14.4 Å². The second kappa shape index (κ2) is 12.0. The highest BCUT2D eigenvalue weighted by Gasteiger charge is 2.39. The van der Waals surface area contributed by atoms with Crippen LogP contribution in [0, 0.1) is 0 Å². The van der Waals surface area contributed by atoms with E-state index in [0.29, 0.717) is 48.9 Å².